The molecule has 0 bridgehead atoms. The highest BCUT2D eigenvalue weighted by Gasteiger charge is 2.26. The van der Waals surface area contributed by atoms with Gasteiger partial charge in [0, 0.05) is 10.9 Å². The van der Waals surface area contributed by atoms with Crippen LogP contribution in [0.3, 0.4) is 0 Å². The number of hydrogen-bond acceptors (Lipinski definition) is 6. The number of amides is 1. The number of hydrogen-bond donors (Lipinski definition) is 2. The Kier molecular flexibility index (Phi) is 4.41. The molecule has 2 heterocycles. The number of thiazole rings is 1. The molecule has 7 nitrogen and oxygen atoms in total. The highest BCUT2D eigenvalue weighted by molar-refractivity contribution is 7.89. The molecule has 2 aromatic rings. The van der Waals surface area contributed by atoms with Gasteiger partial charge in [-0.1, -0.05) is 0 Å². The van der Waals surface area contributed by atoms with Crippen LogP contribution in [-0.4, -0.2) is 24.8 Å². The molecule has 0 unspecified atom stereocenters. The number of sulfonamides is 1. The average Bonchev–Trinajstić information content (AvgIpc) is 2.95. The Bertz CT molecular complexity index is 784. The monoisotopic (exact) mass is 343 g/mol. The molecule has 0 atom stereocenters. The highest BCUT2D eigenvalue weighted by Crippen LogP contribution is 2.19. The van der Waals surface area contributed by atoms with Crippen LogP contribution in [0, 0.1) is 6.92 Å². The minimum Gasteiger partial charge on any atom is -0.438 e. The fourth-order valence-electron chi connectivity index (χ4n) is 1.61. The molecule has 9 heteroatoms. The van der Waals surface area contributed by atoms with Gasteiger partial charge in [-0.3, -0.25) is 10.1 Å². The second-order valence-corrected chi connectivity index (χ2v) is 8.19. The van der Waals surface area contributed by atoms with Crippen molar-refractivity contribution in [2.75, 3.05) is 5.32 Å². The van der Waals surface area contributed by atoms with E-state index in [4.69, 9.17) is 4.42 Å². The fourth-order valence-corrected chi connectivity index (χ4v) is 3.65. The van der Waals surface area contributed by atoms with Crippen LogP contribution in [0.25, 0.3) is 0 Å². The Morgan fingerprint density at radius 2 is 2.00 bits per heavy atom. The summed E-state index contributed by atoms with van der Waals surface area (Å²) in [6, 6.07) is 2.56. The first-order chi connectivity index (χ1) is 10.1. The SMILES string of the molecule is Cc1csc(NC(=O)c2ccc(S(=O)(=O)NC(C)(C)C)o2)n1. The van der Waals surface area contributed by atoms with Crippen molar-refractivity contribution in [2.45, 2.75) is 38.3 Å². The topological polar surface area (TPSA) is 101 Å². The lowest BCUT2D eigenvalue weighted by Gasteiger charge is -2.18. The van der Waals surface area contributed by atoms with Gasteiger partial charge in [0.2, 0.25) is 5.09 Å². The Balaban J connectivity index is 2.15. The molecule has 0 fully saturated rings. The largest absolute Gasteiger partial charge is 0.438 e. The molecule has 22 heavy (non-hydrogen) atoms. The Morgan fingerprint density at radius 1 is 1.32 bits per heavy atom. The summed E-state index contributed by atoms with van der Waals surface area (Å²) in [6.45, 7) is 6.95. The van der Waals surface area contributed by atoms with Gasteiger partial charge in [-0.05, 0) is 39.8 Å². The van der Waals surface area contributed by atoms with Crippen molar-refractivity contribution in [1.29, 1.82) is 0 Å². The number of carbonyl (C=O) groups excluding carboxylic acids is 1. The first-order valence-electron chi connectivity index (χ1n) is 6.44. The summed E-state index contributed by atoms with van der Waals surface area (Å²) in [4.78, 5) is 16.1. The quantitative estimate of drug-likeness (QED) is 0.887. The fraction of sp³-hybridized carbons (Fsp3) is 0.385. The average molecular weight is 343 g/mol. The van der Waals surface area contributed by atoms with Crippen LogP contribution in [-0.2, 0) is 10.0 Å². The zero-order chi connectivity index (χ0) is 16.5. The van der Waals surface area contributed by atoms with Crippen molar-refractivity contribution >= 4 is 32.4 Å². The van der Waals surface area contributed by atoms with Crippen LogP contribution in [0.15, 0.2) is 27.0 Å². The minimum atomic E-state index is -3.81. The van der Waals surface area contributed by atoms with E-state index in [1.54, 1.807) is 26.2 Å². The maximum atomic E-state index is 12.1. The third-order valence-corrected chi connectivity index (χ3v) is 4.86. The van der Waals surface area contributed by atoms with Gasteiger partial charge >= 0.3 is 0 Å². The lowest BCUT2D eigenvalue weighted by atomic mass is 10.1. The normalized spacial score (nSPS) is 12.4. The van der Waals surface area contributed by atoms with Crippen LogP contribution < -0.4 is 10.0 Å². The summed E-state index contributed by atoms with van der Waals surface area (Å²) in [7, 11) is -3.81. The Hall–Kier alpha value is -1.71. The van der Waals surface area contributed by atoms with E-state index in [1.165, 1.54) is 23.5 Å². The number of rotatable bonds is 4. The summed E-state index contributed by atoms with van der Waals surface area (Å²) < 4.78 is 31.8. The lowest BCUT2D eigenvalue weighted by Crippen LogP contribution is -2.40. The highest BCUT2D eigenvalue weighted by atomic mass is 32.2. The molecule has 0 spiro atoms. The number of aryl methyl sites for hydroxylation is 1. The predicted molar refractivity (Wildman–Crippen MR) is 83.6 cm³/mol. The Morgan fingerprint density at radius 3 is 2.55 bits per heavy atom. The molecule has 0 aromatic carbocycles. The molecule has 0 aliphatic rings. The summed E-state index contributed by atoms with van der Waals surface area (Å²) in [5.74, 6) is -0.645. The standard InChI is InChI=1S/C13H17N3O4S2/c1-8-7-21-12(14-8)15-11(17)9-5-6-10(20-9)22(18,19)16-13(2,3)4/h5-7,16H,1-4H3,(H,14,15,17). The van der Waals surface area contributed by atoms with Crippen LogP contribution in [0.4, 0.5) is 5.13 Å². The van der Waals surface area contributed by atoms with Gasteiger partial charge in [0.15, 0.2) is 10.9 Å². The van der Waals surface area contributed by atoms with E-state index in [0.29, 0.717) is 5.13 Å². The van der Waals surface area contributed by atoms with E-state index < -0.39 is 21.5 Å². The first-order valence-corrected chi connectivity index (χ1v) is 8.80. The van der Waals surface area contributed by atoms with Crippen LogP contribution in [0.2, 0.25) is 0 Å². The number of aromatic nitrogens is 1. The molecule has 0 saturated heterocycles. The number of carbonyl (C=O) groups is 1. The van der Waals surface area contributed by atoms with Gasteiger partial charge in [-0.2, -0.15) is 0 Å². The molecule has 0 radical (unpaired) electrons. The van der Waals surface area contributed by atoms with Crippen molar-refractivity contribution in [3.05, 3.63) is 29.0 Å². The van der Waals surface area contributed by atoms with E-state index >= 15 is 0 Å². The van der Waals surface area contributed by atoms with E-state index in [0.717, 1.165) is 5.69 Å². The van der Waals surface area contributed by atoms with Gasteiger partial charge in [0.1, 0.15) is 0 Å². The summed E-state index contributed by atoms with van der Waals surface area (Å²) in [6.07, 6.45) is 0. The number of anilines is 1. The minimum absolute atomic E-state index is 0.0952. The molecule has 2 aromatic heterocycles. The second kappa shape index (κ2) is 5.82. The zero-order valence-electron chi connectivity index (χ0n) is 12.6. The number of nitrogens with one attached hydrogen (secondary N) is 2. The predicted octanol–water partition coefficient (Wildman–Crippen LogP) is 2.37. The van der Waals surface area contributed by atoms with Crippen LogP contribution in [0.1, 0.15) is 37.0 Å². The van der Waals surface area contributed by atoms with Gasteiger partial charge in [0.25, 0.3) is 15.9 Å². The lowest BCUT2D eigenvalue weighted by molar-refractivity contribution is 0.0991. The maximum Gasteiger partial charge on any atom is 0.293 e. The number of nitrogens with zero attached hydrogens (tertiary/aromatic N) is 1. The van der Waals surface area contributed by atoms with Gasteiger partial charge in [-0.15, -0.1) is 11.3 Å². The third-order valence-electron chi connectivity index (χ3n) is 2.35. The smallest absolute Gasteiger partial charge is 0.293 e. The molecule has 0 aliphatic heterocycles. The number of furan rings is 1. The van der Waals surface area contributed by atoms with E-state index in [-0.39, 0.29) is 10.9 Å². The van der Waals surface area contributed by atoms with Crippen molar-refractivity contribution in [2.24, 2.45) is 0 Å². The molecular weight excluding hydrogens is 326 g/mol. The van der Waals surface area contributed by atoms with Crippen molar-refractivity contribution < 1.29 is 17.6 Å². The molecule has 2 rings (SSSR count). The molecular formula is C13H17N3O4S2. The molecule has 120 valence electrons. The first kappa shape index (κ1) is 16.7. The van der Waals surface area contributed by atoms with E-state index in [9.17, 15) is 13.2 Å². The van der Waals surface area contributed by atoms with Crippen molar-refractivity contribution in [1.82, 2.24) is 9.71 Å². The van der Waals surface area contributed by atoms with E-state index in [1.807, 2.05) is 6.92 Å². The molecule has 1 amide bonds. The maximum absolute atomic E-state index is 12.1. The van der Waals surface area contributed by atoms with Gasteiger partial charge in [0.05, 0.1) is 5.69 Å². The Labute approximate surface area is 132 Å². The van der Waals surface area contributed by atoms with Gasteiger partial charge < -0.3 is 4.42 Å². The zero-order valence-corrected chi connectivity index (χ0v) is 14.3. The van der Waals surface area contributed by atoms with Crippen LogP contribution in [0.5, 0.6) is 0 Å². The molecule has 2 N–H and O–H groups in total. The molecule has 0 aliphatic carbocycles. The second-order valence-electron chi connectivity index (χ2n) is 5.72. The third kappa shape index (κ3) is 4.15. The van der Waals surface area contributed by atoms with Crippen molar-refractivity contribution in [3.63, 3.8) is 0 Å². The summed E-state index contributed by atoms with van der Waals surface area (Å²) >= 11 is 1.28. The molecule has 0 saturated carbocycles. The van der Waals surface area contributed by atoms with Crippen molar-refractivity contribution in [3.8, 4) is 0 Å². The van der Waals surface area contributed by atoms with Crippen LogP contribution >= 0.6 is 11.3 Å². The summed E-state index contributed by atoms with van der Waals surface area (Å²) in [5, 5.41) is 4.47. The van der Waals surface area contributed by atoms with E-state index in [2.05, 4.69) is 15.0 Å². The summed E-state index contributed by atoms with van der Waals surface area (Å²) in [5.41, 5.74) is 0.143. The van der Waals surface area contributed by atoms with Gasteiger partial charge in [-0.25, -0.2) is 18.1 Å².